The topological polar surface area (TPSA) is 91.8 Å². The number of hydrogen-bond donors (Lipinski definition) is 0. The van der Waals surface area contributed by atoms with Gasteiger partial charge in [0, 0.05) is 22.3 Å². The molecule has 0 aliphatic carbocycles. The first-order valence-corrected chi connectivity index (χ1v) is 11.6. The van der Waals surface area contributed by atoms with Crippen LogP contribution >= 0.6 is 11.8 Å². The molecule has 2 aromatic carbocycles. The van der Waals surface area contributed by atoms with E-state index < -0.39 is 11.9 Å². The van der Waals surface area contributed by atoms with Gasteiger partial charge in [0.2, 0.25) is 0 Å². The van der Waals surface area contributed by atoms with Crippen LogP contribution < -0.4 is 4.74 Å². The van der Waals surface area contributed by atoms with Crippen LogP contribution in [-0.4, -0.2) is 29.5 Å². The molecular weight excluding hydrogens is 442 g/mol. The second-order valence-electron chi connectivity index (χ2n) is 7.32. The third-order valence-electron chi connectivity index (χ3n) is 5.05. The average Bonchev–Trinajstić information content (AvgIpc) is 3.34. The summed E-state index contributed by atoms with van der Waals surface area (Å²) in [6.07, 6.45) is 0. The largest absolute Gasteiger partial charge is 0.462 e. The van der Waals surface area contributed by atoms with Gasteiger partial charge in [-0.25, -0.2) is 4.79 Å². The Labute approximate surface area is 195 Å². The maximum atomic E-state index is 12.8. The Kier molecular flexibility index (Phi) is 6.84. The predicted octanol–water partition coefficient (Wildman–Crippen LogP) is 5.72. The summed E-state index contributed by atoms with van der Waals surface area (Å²) in [7, 11) is 0. The van der Waals surface area contributed by atoms with E-state index in [-0.39, 0.29) is 12.4 Å². The highest BCUT2D eigenvalue weighted by molar-refractivity contribution is 7.99. The van der Waals surface area contributed by atoms with Gasteiger partial charge in [0.05, 0.1) is 18.1 Å². The summed E-state index contributed by atoms with van der Waals surface area (Å²) in [4.78, 5) is 25.1. The Bertz CT molecular complexity index is 1270. The first-order valence-electron chi connectivity index (χ1n) is 10.5. The van der Waals surface area contributed by atoms with Crippen molar-refractivity contribution < 1.29 is 28.0 Å². The van der Waals surface area contributed by atoms with Gasteiger partial charge in [0.1, 0.15) is 28.4 Å². The van der Waals surface area contributed by atoms with Crippen molar-refractivity contribution in [2.24, 2.45) is 0 Å². The number of fused-ring (bicyclic) bond motifs is 1. The van der Waals surface area contributed by atoms with Crippen molar-refractivity contribution in [3.8, 4) is 17.1 Å². The minimum absolute atomic E-state index is 0.160. The van der Waals surface area contributed by atoms with Crippen LogP contribution in [0.2, 0.25) is 0 Å². The second kappa shape index (κ2) is 9.95. The Hall–Kier alpha value is -3.52. The molecule has 0 radical (unpaired) electrons. The van der Waals surface area contributed by atoms with Crippen LogP contribution in [0, 0.1) is 13.8 Å². The lowest BCUT2D eigenvalue weighted by Gasteiger charge is -2.06. The van der Waals surface area contributed by atoms with Gasteiger partial charge in [-0.15, -0.1) is 11.8 Å². The van der Waals surface area contributed by atoms with Gasteiger partial charge in [-0.05, 0) is 39.0 Å². The summed E-state index contributed by atoms with van der Waals surface area (Å²) in [6.45, 7) is 5.70. The van der Waals surface area contributed by atoms with Gasteiger partial charge in [0.25, 0.3) is 0 Å². The van der Waals surface area contributed by atoms with E-state index in [0.717, 1.165) is 22.6 Å². The summed E-state index contributed by atoms with van der Waals surface area (Å²) in [6, 6.07) is 14.3. The van der Waals surface area contributed by atoms with Crippen molar-refractivity contribution >= 4 is 34.7 Å². The molecule has 7 nitrogen and oxygen atoms in total. The van der Waals surface area contributed by atoms with Crippen molar-refractivity contribution in [1.82, 2.24) is 5.16 Å². The minimum atomic E-state index is -0.492. The minimum Gasteiger partial charge on any atom is -0.462 e. The smallest absolute Gasteiger partial charge is 0.342 e. The molecule has 4 aromatic rings. The number of aromatic nitrogens is 1. The molecule has 0 saturated carbocycles. The molecular formula is C25H23NO6S. The molecule has 0 amide bonds. The number of carbonyl (C=O) groups excluding carboxylic acids is 2. The van der Waals surface area contributed by atoms with Crippen LogP contribution in [0.15, 0.2) is 57.5 Å². The summed E-state index contributed by atoms with van der Waals surface area (Å²) in [5.74, 6) is 1.38. The number of thioether (sulfide) groups is 1. The van der Waals surface area contributed by atoms with Crippen LogP contribution in [0.25, 0.3) is 22.3 Å². The highest BCUT2D eigenvalue weighted by atomic mass is 32.2. The highest BCUT2D eigenvalue weighted by Crippen LogP contribution is 2.36. The molecule has 0 fully saturated rings. The molecule has 0 atom stereocenters. The number of benzene rings is 2. The number of hydrogen-bond acceptors (Lipinski definition) is 8. The molecule has 0 aliphatic rings. The zero-order chi connectivity index (χ0) is 23.4. The van der Waals surface area contributed by atoms with Crippen molar-refractivity contribution in [2.45, 2.75) is 26.5 Å². The molecule has 0 unspecified atom stereocenters. The van der Waals surface area contributed by atoms with E-state index in [1.807, 2.05) is 44.2 Å². The van der Waals surface area contributed by atoms with Crippen molar-refractivity contribution in [2.75, 3.05) is 12.4 Å². The quantitative estimate of drug-likeness (QED) is 0.241. The lowest BCUT2D eigenvalue weighted by atomic mass is 10.1. The Morgan fingerprint density at radius 3 is 2.58 bits per heavy atom. The summed E-state index contributed by atoms with van der Waals surface area (Å²) in [5, 5.41) is 4.45. The normalized spacial score (nSPS) is 11.0. The summed E-state index contributed by atoms with van der Waals surface area (Å²) >= 11 is 1.42. The standard InChI is InChI=1S/C25H23NO6S/c1-4-29-25(28)23-19-12-18(10-11-21(19)31-24(23)17-8-6-5-7-9-17)30-22(27)14-33-13-20-15(2)26-32-16(20)3/h5-12H,4,13-14H2,1-3H3. The summed E-state index contributed by atoms with van der Waals surface area (Å²) in [5.41, 5.74) is 3.37. The molecule has 0 aliphatic heterocycles. The van der Waals surface area contributed by atoms with Crippen molar-refractivity contribution in [3.63, 3.8) is 0 Å². The number of ether oxygens (including phenoxy) is 2. The van der Waals surface area contributed by atoms with Crippen LogP contribution in [0.1, 0.15) is 34.3 Å². The molecule has 0 N–H and O–H groups in total. The number of aryl methyl sites for hydroxylation is 2. The van der Waals surface area contributed by atoms with E-state index in [0.29, 0.717) is 33.8 Å². The lowest BCUT2D eigenvalue weighted by Crippen LogP contribution is -2.11. The van der Waals surface area contributed by atoms with Gasteiger partial charge in [-0.2, -0.15) is 0 Å². The fourth-order valence-corrected chi connectivity index (χ4v) is 4.39. The van der Waals surface area contributed by atoms with E-state index >= 15 is 0 Å². The average molecular weight is 466 g/mol. The van der Waals surface area contributed by atoms with Gasteiger partial charge < -0.3 is 18.4 Å². The second-order valence-corrected chi connectivity index (χ2v) is 8.31. The van der Waals surface area contributed by atoms with Crippen LogP contribution in [0.5, 0.6) is 5.75 Å². The SMILES string of the molecule is CCOC(=O)c1c(-c2ccccc2)oc2ccc(OC(=O)CSCc3c(C)noc3C)cc12. The van der Waals surface area contributed by atoms with Crippen molar-refractivity contribution in [3.05, 3.63) is 71.1 Å². The lowest BCUT2D eigenvalue weighted by molar-refractivity contribution is -0.131. The summed E-state index contributed by atoms with van der Waals surface area (Å²) < 4.78 is 21.9. The van der Waals surface area contributed by atoms with E-state index in [1.54, 1.807) is 25.1 Å². The van der Waals surface area contributed by atoms with E-state index in [1.165, 1.54) is 11.8 Å². The third kappa shape index (κ3) is 4.96. The molecule has 0 saturated heterocycles. The van der Waals surface area contributed by atoms with Gasteiger partial charge in [-0.1, -0.05) is 35.5 Å². The Balaban J connectivity index is 1.55. The maximum Gasteiger partial charge on any atom is 0.342 e. The van der Waals surface area contributed by atoms with Crippen LogP contribution in [0.3, 0.4) is 0 Å². The van der Waals surface area contributed by atoms with E-state index in [2.05, 4.69) is 5.16 Å². The fraction of sp³-hybridized carbons (Fsp3) is 0.240. The zero-order valence-corrected chi connectivity index (χ0v) is 19.4. The number of rotatable bonds is 8. The molecule has 0 spiro atoms. The van der Waals surface area contributed by atoms with Gasteiger partial charge >= 0.3 is 11.9 Å². The monoisotopic (exact) mass is 465 g/mol. The Morgan fingerprint density at radius 2 is 1.88 bits per heavy atom. The molecule has 2 aromatic heterocycles. The number of carbonyl (C=O) groups is 2. The first-order chi connectivity index (χ1) is 16.0. The molecule has 4 rings (SSSR count). The van der Waals surface area contributed by atoms with Gasteiger partial charge in [-0.3, -0.25) is 4.79 Å². The number of nitrogens with zero attached hydrogens (tertiary/aromatic N) is 1. The van der Waals surface area contributed by atoms with Crippen LogP contribution in [0.4, 0.5) is 0 Å². The molecule has 2 heterocycles. The fourth-order valence-electron chi connectivity index (χ4n) is 3.44. The third-order valence-corrected chi connectivity index (χ3v) is 5.99. The van der Waals surface area contributed by atoms with E-state index in [4.69, 9.17) is 18.4 Å². The zero-order valence-electron chi connectivity index (χ0n) is 18.5. The molecule has 0 bridgehead atoms. The Morgan fingerprint density at radius 1 is 1.09 bits per heavy atom. The van der Waals surface area contributed by atoms with Crippen LogP contribution in [-0.2, 0) is 15.3 Å². The predicted molar refractivity (Wildman–Crippen MR) is 125 cm³/mol. The number of esters is 2. The number of furan rings is 1. The van der Waals surface area contributed by atoms with Gasteiger partial charge in [0.15, 0.2) is 0 Å². The molecule has 170 valence electrons. The molecule has 8 heteroatoms. The maximum absolute atomic E-state index is 12.8. The first kappa shape index (κ1) is 22.7. The van der Waals surface area contributed by atoms with Crippen molar-refractivity contribution in [1.29, 1.82) is 0 Å². The highest BCUT2D eigenvalue weighted by Gasteiger charge is 2.24. The molecule has 33 heavy (non-hydrogen) atoms. The van der Waals surface area contributed by atoms with E-state index in [9.17, 15) is 9.59 Å².